The van der Waals surface area contributed by atoms with Gasteiger partial charge >= 0.3 is 0 Å². The lowest BCUT2D eigenvalue weighted by atomic mass is 10.0. The number of hydrogen-bond donors (Lipinski definition) is 2. The molecule has 0 radical (unpaired) electrons. The molecule has 1 heterocycles. The number of nitrogens with one attached hydrogen (secondary N) is 2. The van der Waals surface area contributed by atoms with E-state index in [1.165, 1.54) is 0 Å². The summed E-state index contributed by atoms with van der Waals surface area (Å²) in [5.74, 6) is 1.99. The number of nitrogens with zero attached hydrogens (tertiary/aromatic N) is 3. The van der Waals surface area contributed by atoms with Gasteiger partial charge in [-0.25, -0.2) is 4.98 Å². The minimum absolute atomic E-state index is 0.162. The van der Waals surface area contributed by atoms with Gasteiger partial charge in [-0.3, -0.25) is 14.9 Å². The Balaban J connectivity index is 1.62. The maximum absolute atomic E-state index is 13.3. The third kappa shape index (κ3) is 7.46. The van der Waals surface area contributed by atoms with E-state index in [-0.39, 0.29) is 18.4 Å². The first-order chi connectivity index (χ1) is 20.2. The third-order valence-electron chi connectivity index (χ3n) is 6.74. The molecule has 3 aromatic carbocycles. The summed E-state index contributed by atoms with van der Waals surface area (Å²) in [5.41, 5.74) is 4.78. The van der Waals surface area contributed by atoms with Crippen LogP contribution in [0, 0.1) is 0 Å². The molecule has 0 bridgehead atoms. The van der Waals surface area contributed by atoms with Crippen molar-refractivity contribution >= 4 is 23.5 Å². The summed E-state index contributed by atoms with van der Waals surface area (Å²) in [6.07, 6.45) is 1.11. The number of methoxy groups -OCH3 is 3. The molecule has 0 saturated carbocycles. The van der Waals surface area contributed by atoms with Crippen LogP contribution in [0.4, 0.5) is 11.6 Å². The quantitative estimate of drug-likeness (QED) is 0.260. The van der Waals surface area contributed by atoms with Crippen molar-refractivity contribution in [2.75, 3.05) is 52.6 Å². The average Bonchev–Trinajstić information content (AvgIpc) is 3.25. The van der Waals surface area contributed by atoms with Crippen molar-refractivity contribution in [1.29, 1.82) is 0 Å². The van der Waals surface area contributed by atoms with Crippen LogP contribution < -0.4 is 24.8 Å². The first kappa shape index (κ1) is 30.1. The lowest BCUT2D eigenvalue weighted by Gasteiger charge is -2.12. The molecule has 2 amide bonds. The molecular weight excluding hydrogens is 534 g/mol. The summed E-state index contributed by atoms with van der Waals surface area (Å²) >= 11 is 0. The first-order valence-corrected chi connectivity index (χ1v) is 13.4. The molecule has 0 atom stereocenters. The van der Waals surface area contributed by atoms with Crippen LogP contribution in [0.1, 0.15) is 32.9 Å². The van der Waals surface area contributed by atoms with Crippen LogP contribution in [-0.4, -0.2) is 68.2 Å². The van der Waals surface area contributed by atoms with Crippen molar-refractivity contribution in [2.24, 2.45) is 7.05 Å². The smallest absolute Gasteiger partial charge is 0.258 e. The molecule has 10 nitrogen and oxygen atoms in total. The van der Waals surface area contributed by atoms with E-state index in [4.69, 9.17) is 19.2 Å². The lowest BCUT2D eigenvalue weighted by molar-refractivity contribution is -0.116. The van der Waals surface area contributed by atoms with Gasteiger partial charge in [0, 0.05) is 36.8 Å². The number of carbonyl (C=O) groups is 2. The van der Waals surface area contributed by atoms with E-state index in [2.05, 4.69) is 10.6 Å². The molecule has 2 N–H and O–H groups in total. The van der Waals surface area contributed by atoms with Crippen LogP contribution in [0.5, 0.6) is 17.2 Å². The van der Waals surface area contributed by atoms with E-state index in [0.29, 0.717) is 41.5 Å². The number of rotatable bonds is 12. The second-order valence-electron chi connectivity index (χ2n) is 10.1. The lowest BCUT2D eigenvalue weighted by Crippen LogP contribution is -2.27. The summed E-state index contributed by atoms with van der Waals surface area (Å²) in [5, 5.41) is 5.79. The van der Waals surface area contributed by atoms with Gasteiger partial charge in [0.1, 0.15) is 5.75 Å². The van der Waals surface area contributed by atoms with Crippen molar-refractivity contribution in [2.45, 2.75) is 12.8 Å². The second kappa shape index (κ2) is 13.7. The van der Waals surface area contributed by atoms with E-state index in [1.807, 2.05) is 68.2 Å². The van der Waals surface area contributed by atoms with Crippen LogP contribution in [0.2, 0.25) is 0 Å². The zero-order valence-corrected chi connectivity index (χ0v) is 24.9. The summed E-state index contributed by atoms with van der Waals surface area (Å²) in [6, 6.07) is 20.5. The topological polar surface area (TPSA) is 107 Å². The van der Waals surface area contributed by atoms with Gasteiger partial charge < -0.3 is 29.0 Å². The Hall–Kier alpha value is -4.83. The Labute approximate surface area is 246 Å². The van der Waals surface area contributed by atoms with E-state index >= 15 is 0 Å². The summed E-state index contributed by atoms with van der Waals surface area (Å²) in [4.78, 5) is 32.1. The number of carbonyl (C=O) groups excluding carboxylic acids is 2. The number of amides is 2. The van der Waals surface area contributed by atoms with Gasteiger partial charge in [-0.05, 0) is 67.7 Å². The largest absolute Gasteiger partial charge is 0.497 e. The Morgan fingerprint density at radius 2 is 1.55 bits per heavy atom. The number of hydrogen-bond acceptors (Lipinski definition) is 7. The van der Waals surface area contributed by atoms with E-state index < -0.39 is 0 Å². The van der Waals surface area contributed by atoms with Gasteiger partial charge in [-0.15, -0.1) is 0 Å². The maximum Gasteiger partial charge on any atom is 0.258 e. The Kier molecular flexibility index (Phi) is 9.82. The van der Waals surface area contributed by atoms with E-state index in [1.54, 1.807) is 50.5 Å². The highest BCUT2D eigenvalue weighted by molar-refractivity contribution is 6.04. The molecule has 10 heteroatoms. The van der Waals surface area contributed by atoms with Crippen LogP contribution in [0.15, 0.2) is 66.7 Å². The summed E-state index contributed by atoms with van der Waals surface area (Å²) < 4.78 is 18.1. The van der Waals surface area contributed by atoms with Gasteiger partial charge in [0.2, 0.25) is 11.9 Å². The summed E-state index contributed by atoms with van der Waals surface area (Å²) in [6.45, 7) is 0.240. The molecule has 4 aromatic rings. The number of anilines is 2. The molecule has 4 rings (SSSR count). The van der Waals surface area contributed by atoms with Crippen LogP contribution >= 0.6 is 0 Å². The molecule has 0 fully saturated rings. The fourth-order valence-electron chi connectivity index (χ4n) is 4.58. The van der Waals surface area contributed by atoms with E-state index in [0.717, 1.165) is 28.3 Å². The average molecular weight is 572 g/mol. The highest BCUT2D eigenvalue weighted by Gasteiger charge is 2.19. The number of aromatic nitrogens is 2. The SMILES string of the molecule is COc1ccc(Cc2nc(NC(=O)c3cccc(NC(=O)CN(C)C)c3)n(C)c2Cc2ccc(OC)c(OC)c2)cc1. The highest BCUT2D eigenvalue weighted by Crippen LogP contribution is 2.30. The second-order valence-corrected chi connectivity index (χ2v) is 10.1. The van der Waals surface area contributed by atoms with Crippen molar-refractivity contribution in [3.05, 3.63) is 94.8 Å². The zero-order chi connectivity index (χ0) is 30.2. The zero-order valence-electron chi connectivity index (χ0n) is 24.9. The minimum atomic E-state index is -0.333. The molecule has 0 unspecified atom stereocenters. The molecule has 220 valence electrons. The Morgan fingerprint density at radius 3 is 2.21 bits per heavy atom. The Bertz CT molecular complexity index is 1550. The molecule has 1 aromatic heterocycles. The fourth-order valence-corrected chi connectivity index (χ4v) is 4.58. The van der Waals surface area contributed by atoms with Crippen molar-refractivity contribution < 1.29 is 23.8 Å². The monoisotopic (exact) mass is 571 g/mol. The van der Waals surface area contributed by atoms with Crippen molar-refractivity contribution in [3.63, 3.8) is 0 Å². The highest BCUT2D eigenvalue weighted by atomic mass is 16.5. The van der Waals surface area contributed by atoms with Gasteiger partial charge in [0.25, 0.3) is 5.91 Å². The standard InChI is InChI=1S/C32H37N5O5/c1-36(2)20-30(38)33-24-9-7-8-23(19-24)31(39)35-32-34-26(16-21-10-13-25(40-4)14-11-21)27(37(32)3)17-22-12-15-28(41-5)29(18-22)42-6/h7-15,18-19H,16-17,20H2,1-6H3,(H,33,38)(H,34,35,39). The number of ether oxygens (including phenoxy) is 3. The molecule has 0 aliphatic rings. The first-order valence-electron chi connectivity index (χ1n) is 13.4. The molecule has 0 aliphatic carbocycles. The Morgan fingerprint density at radius 1 is 0.833 bits per heavy atom. The predicted octanol–water partition coefficient (Wildman–Crippen LogP) is 4.38. The van der Waals surface area contributed by atoms with Crippen LogP contribution in [-0.2, 0) is 24.7 Å². The fraction of sp³-hybridized carbons (Fsp3) is 0.281. The maximum atomic E-state index is 13.3. The molecular formula is C32H37N5O5. The van der Waals surface area contributed by atoms with Gasteiger partial charge in [0.05, 0.1) is 33.6 Å². The van der Waals surface area contributed by atoms with Crippen molar-refractivity contribution in [3.8, 4) is 17.2 Å². The summed E-state index contributed by atoms with van der Waals surface area (Å²) in [7, 11) is 10.4. The van der Waals surface area contributed by atoms with Gasteiger partial charge in [-0.2, -0.15) is 0 Å². The molecule has 0 saturated heterocycles. The molecule has 0 spiro atoms. The van der Waals surface area contributed by atoms with Gasteiger partial charge in [-0.1, -0.05) is 24.3 Å². The number of likely N-dealkylation sites (N-methyl/N-ethyl adjacent to an activating group) is 1. The number of imidazole rings is 1. The predicted molar refractivity (Wildman–Crippen MR) is 163 cm³/mol. The van der Waals surface area contributed by atoms with Crippen LogP contribution in [0.3, 0.4) is 0 Å². The van der Waals surface area contributed by atoms with E-state index in [9.17, 15) is 9.59 Å². The normalized spacial score (nSPS) is 10.8. The van der Waals surface area contributed by atoms with Crippen LogP contribution in [0.25, 0.3) is 0 Å². The van der Waals surface area contributed by atoms with Gasteiger partial charge in [0.15, 0.2) is 11.5 Å². The minimum Gasteiger partial charge on any atom is -0.497 e. The van der Waals surface area contributed by atoms with Crippen molar-refractivity contribution in [1.82, 2.24) is 14.5 Å². The molecule has 0 aliphatic heterocycles. The third-order valence-corrected chi connectivity index (χ3v) is 6.74. The molecule has 42 heavy (non-hydrogen) atoms. The number of benzene rings is 3.